The Morgan fingerprint density at radius 2 is 1.20 bits per heavy atom. The second-order valence-electron chi connectivity index (χ2n) is 5.02. The minimum atomic E-state index is -0.204. The topological polar surface area (TPSA) is 17.1 Å². The van der Waals surface area contributed by atoms with Gasteiger partial charge in [-0.3, -0.25) is 0 Å². The average Bonchev–Trinajstić information content (AvgIpc) is 2.65. The molecule has 0 aromatic heterocycles. The van der Waals surface area contributed by atoms with Crippen LogP contribution in [0.2, 0.25) is 5.02 Å². The molecule has 1 nitrogen and oxygen atoms in total. The molecule has 1 aromatic rings. The van der Waals surface area contributed by atoms with Gasteiger partial charge in [-0.05, 0) is 37.0 Å². The Labute approximate surface area is 173 Å². The molecule has 25 heavy (non-hydrogen) atoms. The Bertz CT molecular complexity index is 416. The van der Waals surface area contributed by atoms with Crippen LogP contribution in [0.25, 0.3) is 0 Å². The molecule has 0 aliphatic rings. The Morgan fingerprint density at radius 3 is 1.44 bits per heavy atom. The molecule has 0 saturated carbocycles. The summed E-state index contributed by atoms with van der Waals surface area (Å²) in [6, 6.07) is 6.81. The van der Waals surface area contributed by atoms with E-state index < -0.39 is 0 Å². The Balaban J connectivity index is 0. The molecule has 0 N–H and O–H groups in total. The summed E-state index contributed by atoms with van der Waals surface area (Å²) in [5.41, 5.74) is 0.462. The summed E-state index contributed by atoms with van der Waals surface area (Å²) in [5.74, 6) is 0. The van der Waals surface area contributed by atoms with Gasteiger partial charge < -0.3 is 0 Å². The first-order valence-corrected chi connectivity index (χ1v) is 14.9. The van der Waals surface area contributed by atoms with Crippen LogP contribution in [0.3, 0.4) is 0 Å². The first-order chi connectivity index (χ1) is 11.9. The standard InChI is InChI=1S/C7H4ClO.2C6H15P.ClH.Ni/c8-7-4-2-1-3-6(7)5-9;2*1-4-7(5-2)6-3;;/h1-4H;2*4-6H2,1-3H3;1H;/q;;;;+1/p-1. The number of hydrogen-bond donors (Lipinski definition) is 0. The van der Waals surface area contributed by atoms with Crippen LogP contribution in [0.15, 0.2) is 24.3 Å². The van der Waals surface area contributed by atoms with Crippen molar-refractivity contribution in [3.8, 4) is 0 Å². The predicted octanol–water partition coefficient (Wildman–Crippen LogP) is 7.77. The summed E-state index contributed by atoms with van der Waals surface area (Å²) >= 11 is 6.18. The molecule has 0 atom stereocenters. The monoisotopic (exact) mass is 468 g/mol. The summed E-state index contributed by atoms with van der Waals surface area (Å²) < 4.78 is -0.204. The molecule has 6 heteroatoms. The molecule has 1 rings (SSSR count). The van der Waals surface area contributed by atoms with E-state index in [0.29, 0.717) is 40.0 Å². The molecule has 0 heterocycles. The molecule has 0 unspecified atom stereocenters. The molecule has 0 radical (unpaired) electrons. The van der Waals surface area contributed by atoms with E-state index in [-0.39, 0.29) is 4.75 Å². The van der Waals surface area contributed by atoms with Gasteiger partial charge in [-0.15, -0.1) is 15.8 Å². The zero-order valence-electron chi connectivity index (χ0n) is 16.4. The molecule has 0 saturated heterocycles. The summed E-state index contributed by atoms with van der Waals surface area (Å²) in [5, 5.41) is 0.441. The van der Waals surface area contributed by atoms with Gasteiger partial charge in [0.05, 0.1) is 0 Å². The fraction of sp³-hybridized carbons (Fsp3) is 0.632. The van der Waals surface area contributed by atoms with Gasteiger partial charge in [0, 0.05) is 0 Å². The number of rotatable bonds is 8. The van der Waals surface area contributed by atoms with Crippen molar-refractivity contribution in [3.63, 3.8) is 0 Å². The summed E-state index contributed by atoms with van der Waals surface area (Å²) in [6.07, 6.45) is 8.51. The molecule has 0 aliphatic heterocycles. The van der Waals surface area contributed by atoms with Crippen LogP contribution in [-0.2, 0) is 13.5 Å². The third-order valence-corrected chi connectivity index (χ3v) is 10.4. The second kappa shape index (κ2) is 19.6. The van der Waals surface area contributed by atoms with Crippen LogP contribution in [0, 0.1) is 0 Å². The Morgan fingerprint density at radius 1 is 0.840 bits per heavy atom. The van der Waals surface area contributed by atoms with E-state index in [4.69, 9.17) is 21.8 Å². The molecule has 0 fully saturated rings. The van der Waals surface area contributed by atoms with E-state index in [2.05, 4.69) is 41.5 Å². The van der Waals surface area contributed by atoms with Gasteiger partial charge in [0.15, 0.2) is 0 Å². The first-order valence-electron chi connectivity index (χ1n) is 8.89. The number of carbonyl (C=O) groups is 1. The first kappa shape index (κ1) is 28.0. The zero-order chi connectivity index (χ0) is 19.7. The fourth-order valence-electron chi connectivity index (χ4n) is 1.98. The van der Waals surface area contributed by atoms with Gasteiger partial charge in [0.2, 0.25) is 0 Å². The van der Waals surface area contributed by atoms with E-state index >= 15 is 0 Å². The molecule has 0 bridgehead atoms. The third kappa shape index (κ3) is 14.5. The Hall–Kier alpha value is 0.824. The van der Waals surface area contributed by atoms with Crippen molar-refractivity contribution < 1.29 is 18.3 Å². The predicted molar refractivity (Wildman–Crippen MR) is 119 cm³/mol. The quantitative estimate of drug-likeness (QED) is 0.280. The van der Waals surface area contributed by atoms with E-state index in [1.165, 1.54) is 37.0 Å². The Kier molecular flexibility index (Phi) is 22.0. The normalized spacial score (nSPS) is 10.2. The summed E-state index contributed by atoms with van der Waals surface area (Å²) in [6.45, 7) is 13.7. The number of carbonyl (C=O) groups excluding carboxylic acids is 1. The fourth-order valence-corrected chi connectivity index (χ4v) is 5.53. The van der Waals surface area contributed by atoms with E-state index in [1.54, 1.807) is 24.3 Å². The van der Waals surface area contributed by atoms with Gasteiger partial charge in [-0.1, -0.05) is 41.5 Å². The number of benzene rings is 1. The summed E-state index contributed by atoms with van der Waals surface area (Å²) in [7, 11) is 6.18. The van der Waals surface area contributed by atoms with Gasteiger partial charge in [0.1, 0.15) is 0 Å². The van der Waals surface area contributed by atoms with E-state index in [9.17, 15) is 4.79 Å². The SMILES string of the molecule is CCP(CC)CC.CCP(CC)CC.O=[C]([Ni][Cl])c1ccccc1Cl. The van der Waals surface area contributed by atoms with E-state index in [0.717, 1.165) is 0 Å². The van der Waals surface area contributed by atoms with Crippen molar-refractivity contribution in [3.05, 3.63) is 34.9 Å². The van der Waals surface area contributed by atoms with E-state index in [1.807, 2.05) is 0 Å². The van der Waals surface area contributed by atoms with Crippen molar-refractivity contribution in [1.82, 2.24) is 0 Å². The van der Waals surface area contributed by atoms with Crippen LogP contribution in [-0.4, -0.2) is 41.7 Å². The van der Waals surface area contributed by atoms with Crippen molar-refractivity contribution in [1.29, 1.82) is 0 Å². The van der Waals surface area contributed by atoms with Gasteiger partial charge in [-0.25, -0.2) is 0 Å². The molecule has 1 aromatic carbocycles. The molecular formula is C19H34Cl2NiOP2. The minimum absolute atomic E-state index is 0.204. The number of halogens is 2. The van der Waals surface area contributed by atoms with Crippen LogP contribution in [0.5, 0.6) is 0 Å². The van der Waals surface area contributed by atoms with Crippen LogP contribution < -0.4 is 0 Å². The number of hydrogen-bond acceptors (Lipinski definition) is 1. The van der Waals surface area contributed by atoms with Crippen molar-refractivity contribution in [2.45, 2.75) is 41.5 Å². The van der Waals surface area contributed by atoms with Crippen molar-refractivity contribution in [2.24, 2.45) is 0 Å². The zero-order valence-corrected chi connectivity index (χ0v) is 20.7. The molecule has 0 aliphatic carbocycles. The van der Waals surface area contributed by atoms with Crippen LogP contribution in [0.4, 0.5) is 0 Å². The summed E-state index contributed by atoms with van der Waals surface area (Å²) in [4.78, 5) is 11.0. The van der Waals surface area contributed by atoms with Gasteiger partial charge in [0.25, 0.3) is 0 Å². The van der Waals surface area contributed by atoms with Crippen molar-refractivity contribution >= 4 is 42.4 Å². The average molecular weight is 470 g/mol. The maximum atomic E-state index is 11.0. The van der Waals surface area contributed by atoms with Gasteiger partial charge >= 0.3 is 79.7 Å². The molecule has 150 valence electrons. The maximum absolute atomic E-state index is 11.0. The van der Waals surface area contributed by atoms with Crippen LogP contribution >= 0.6 is 37.6 Å². The molecular weight excluding hydrogens is 436 g/mol. The second-order valence-corrected chi connectivity index (χ2v) is 13.0. The molecule has 0 spiro atoms. The molecule has 0 amide bonds. The van der Waals surface area contributed by atoms with Crippen LogP contribution in [0.1, 0.15) is 51.9 Å². The third-order valence-electron chi connectivity index (χ3n) is 3.81. The van der Waals surface area contributed by atoms with Crippen molar-refractivity contribution in [2.75, 3.05) is 37.0 Å². The van der Waals surface area contributed by atoms with Gasteiger partial charge in [-0.2, -0.15) is 0 Å².